The summed E-state index contributed by atoms with van der Waals surface area (Å²) in [7, 11) is 2.02. The minimum atomic E-state index is -0.676. The van der Waals surface area contributed by atoms with Crippen LogP contribution in [0, 0.1) is 5.92 Å². The van der Waals surface area contributed by atoms with Gasteiger partial charge in [-0.1, -0.05) is 0 Å². The molecule has 2 rings (SSSR count). The van der Waals surface area contributed by atoms with E-state index < -0.39 is 11.2 Å². The zero-order chi connectivity index (χ0) is 14.3. The molecule has 0 aliphatic carbocycles. The first-order valence-electron chi connectivity index (χ1n) is 6.66. The van der Waals surface area contributed by atoms with E-state index in [0.29, 0.717) is 6.54 Å². The van der Waals surface area contributed by atoms with Crippen LogP contribution in [0.3, 0.4) is 0 Å². The Kier molecular flexibility index (Phi) is 3.58. The third-order valence-electron chi connectivity index (χ3n) is 3.79. The number of nitrogens with zero attached hydrogens (tertiary/aromatic N) is 1. The number of Topliss-reactive ketones (excluding diaryl/α,β-unsaturated/α-hetero) is 1. The molecule has 1 aromatic heterocycles. The predicted octanol–water partition coefficient (Wildman–Crippen LogP) is 2.48. The molecule has 106 valence electrons. The predicted molar refractivity (Wildman–Crippen MR) is 72.8 cm³/mol. The smallest absolute Gasteiger partial charge is 0.171 e. The van der Waals surface area contributed by atoms with Crippen LogP contribution >= 0.6 is 0 Å². The molecule has 1 saturated heterocycles. The molecule has 1 aromatic rings. The zero-order valence-electron chi connectivity index (χ0n) is 12.4. The Morgan fingerprint density at radius 3 is 2.47 bits per heavy atom. The Morgan fingerprint density at radius 1 is 1.32 bits per heavy atom. The minimum absolute atomic E-state index is 0.0978. The first-order chi connectivity index (χ1) is 8.72. The van der Waals surface area contributed by atoms with E-state index >= 15 is 0 Å². The van der Waals surface area contributed by atoms with Crippen molar-refractivity contribution in [2.45, 2.75) is 45.4 Å². The lowest BCUT2D eigenvalue weighted by molar-refractivity contribution is -0.132. The average molecular weight is 265 g/mol. The molecule has 0 N–H and O–H groups in total. The molecule has 0 radical (unpaired) electrons. The van der Waals surface area contributed by atoms with Crippen molar-refractivity contribution in [3.8, 4) is 0 Å². The third-order valence-corrected chi connectivity index (χ3v) is 3.79. The minimum Gasteiger partial charge on any atom is -0.472 e. The largest absolute Gasteiger partial charge is 0.472 e. The van der Waals surface area contributed by atoms with Gasteiger partial charge in [0.25, 0.3) is 0 Å². The molecule has 1 aliphatic heterocycles. The van der Waals surface area contributed by atoms with Crippen LogP contribution in [0.15, 0.2) is 23.0 Å². The van der Waals surface area contributed by atoms with E-state index in [1.807, 2.05) is 40.8 Å². The van der Waals surface area contributed by atoms with Gasteiger partial charge in [-0.25, -0.2) is 0 Å². The van der Waals surface area contributed by atoms with Crippen molar-refractivity contribution < 1.29 is 13.9 Å². The van der Waals surface area contributed by atoms with Gasteiger partial charge < -0.3 is 14.1 Å². The highest BCUT2D eigenvalue weighted by Gasteiger charge is 2.53. The third kappa shape index (κ3) is 2.90. The summed E-state index contributed by atoms with van der Waals surface area (Å²) < 4.78 is 11.0. The number of carbonyl (C=O) groups excluding carboxylic acids is 1. The Labute approximate surface area is 114 Å². The van der Waals surface area contributed by atoms with Gasteiger partial charge in [-0.2, -0.15) is 0 Å². The fraction of sp³-hybridized carbons (Fsp3) is 0.667. The first-order valence-corrected chi connectivity index (χ1v) is 6.66. The second kappa shape index (κ2) is 4.76. The summed E-state index contributed by atoms with van der Waals surface area (Å²) in [5.41, 5.74) is 0.0292. The molecule has 0 saturated carbocycles. The SMILES string of the molecule is CN(Cc1ccoc1)CC1C(=O)C(C)(C)OC1(C)C. The van der Waals surface area contributed by atoms with Crippen molar-refractivity contribution in [1.29, 1.82) is 0 Å². The highest BCUT2D eigenvalue weighted by atomic mass is 16.5. The van der Waals surface area contributed by atoms with E-state index in [9.17, 15) is 4.79 Å². The normalized spacial score (nSPS) is 25.2. The number of hydrogen-bond donors (Lipinski definition) is 0. The molecule has 1 aliphatic rings. The quantitative estimate of drug-likeness (QED) is 0.839. The Bertz CT molecular complexity index is 448. The highest BCUT2D eigenvalue weighted by molar-refractivity contribution is 5.91. The van der Waals surface area contributed by atoms with Crippen LogP contribution in [0.25, 0.3) is 0 Å². The van der Waals surface area contributed by atoms with Gasteiger partial charge in [-0.15, -0.1) is 0 Å². The second-order valence-corrected chi connectivity index (χ2v) is 6.46. The van der Waals surface area contributed by atoms with Crippen LogP contribution < -0.4 is 0 Å². The lowest BCUT2D eigenvalue weighted by Gasteiger charge is -2.28. The molecule has 4 heteroatoms. The lowest BCUT2D eigenvalue weighted by atomic mass is 9.85. The van der Waals surface area contributed by atoms with Crippen LogP contribution in [0.1, 0.15) is 33.3 Å². The maximum atomic E-state index is 12.4. The number of rotatable bonds is 4. The average Bonchev–Trinajstić information content (AvgIpc) is 2.80. The van der Waals surface area contributed by atoms with Crippen molar-refractivity contribution in [2.75, 3.05) is 13.6 Å². The van der Waals surface area contributed by atoms with Crippen LogP contribution in [0.4, 0.5) is 0 Å². The Morgan fingerprint density at radius 2 is 2.00 bits per heavy atom. The lowest BCUT2D eigenvalue weighted by Crippen LogP contribution is -2.39. The zero-order valence-corrected chi connectivity index (χ0v) is 12.4. The number of carbonyl (C=O) groups is 1. The number of ether oxygens (including phenoxy) is 1. The van der Waals surface area contributed by atoms with Crippen molar-refractivity contribution >= 4 is 5.78 Å². The van der Waals surface area contributed by atoms with E-state index in [1.165, 1.54) is 0 Å². The monoisotopic (exact) mass is 265 g/mol. The maximum Gasteiger partial charge on any atom is 0.171 e. The standard InChI is InChI=1S/C15H23NO3/c1-14(2)12(13(17)15(3,4)19-14)9-16(5)8-11-6-7-18-10-11/h6-7,10,12H,8-9H2,1-5H3. The maximum absolute atomic E-state index is 12.4. The molecule has 4 nitrogen and oxygen atoms in total. The summed E-state index contributed by atoms with van der Waals surface area (Å²) in [5.74, 6) is 0.0935. The van der Waals surface area contributed by atoms with Gasteiger partial charge in [-0.3, -0.25) is 4.79 Å². The van der Waals surface area contributed by atoms with Crippen LogP contribution in [0.5, 0.6) is 0 Å². The van der Waals surface area contributed by atoms with Crippen molar-refractivity contribution in [2.24, 2.45) is 5.92 Å². The van der Waals surface area contributed by atoms with Crippen molar-refractivity contribution in [3.63, 3.8) is 0 Å². The second-order valence-electron chi connectivity index (χ2n) is 6.46. The van der Waals surface area contributed by atoms with Crippen LogP contribution in [0.2, 0.25) is 0 Å². The number of ketones is 1. The summed E-state index contributed by atoms with van der Waals surface area (Å²) in [6, 6.07) is 1.94. The van der Waals surface area contributed by atoms with E-state index in [1.54, 1.807) is 12.5 Å². The van der Waals surface area contributed by atoms with Gasteiger partial charge in [0.05, 0.1) is 24.0 Å². The summed E-state index contributed by atoms with van der Waals surface area (Å²) in [4.78, 5) is 14.5. The van der Waals surface area contributed by atoms with Gasteiger partial charge in [0.15, 0.2) is 5.78 Å². The van der Waals surface area contributed by atoms with E-state index in [4.69, 9.17) is 9.15 Å². The molecule has 0 amide bonds. The van der Waals surface area contributed by atoms with Gasteiger partial charge in [0.2, 0.25) is 0 Å². The topological polar surface area (TPSA) is 42.7 Å². The van der Waals surface area contributed by atoms with E-state index in [-0.39, 0.29) is 11.7 Å². The molecule has 0 bridgehead atoms. The van der Waals surface area contributed by atoms with Crippen LogP contribution in [-0.4, -0.2) is 35.5 Å². The summed E-state index contributed by atoms with van der Waals surface area (Å²) in [6.45, 7) is 9.17. The fourth-order valence-electron chi connectivity index (χ4n) is 2.89. The molecule has 19 heavy (non-hydrogen) atoms. The summed E-state index contributed by atoms with van der Waals surface area (Å²) in [6.07, 6.45) is 3.40. The first kappa shape index (κ1) is 14.3. The van der Waals surface area contributed by atoms with Crippen molar-refractivity contribution in [3.05, 3.63) is 24.2 Å². The highest BCUT2D eigenvalue weighted by Crippen LogP contribution is 2.39. The Hall–Kier alpha value is -1.13. The van der Waals surface area contributed by atoms with Gasteiger partial charge in [0.1, 0.15) is 5.60 Å². The fourth-order valence-corrected chi connectivity index (χ4v) is 2.89. The van der Waals surface area contributed by atoms with Gasteiger partial charge in [-0.05, 0) is 40.8 Å². The number of hydrogen-bond acceptors (Lipinski definition) is 4. The molecular formula is C15H23NO3. The molecule has 2 heterocycles. The molecule has 0 spiro atoms. The van der Waals surface area contributed by atoms with Gasteiger partial charge >= 0.3 is 0 Å². The molecule has 0 aromatic carbocycles. The van der Waals surface area contributed by atoms with E-state index in [2.05, 4.69) is 4.90 Å². The summed E-state index contributed by atoms with van der Waals surface area (Å²) >= 11 is 0. The van der Waals surface area contributed by atoms with Gasteiger partial charge in [0, 0.05) is 18.7 Å². The number of furan rings is 1. The summed E-state index contributed by atoms with van der Waals surface area (Å²) in [5, 5.41) is 0. The molecule has 1 atom stereocenters. The van der Waals surface area contributed by atoms with Crippen molar-refractivity contribution in [1.82, 2.24) is 4.90 Å². The van der Waals surface area contributed by atoms with Crippen LogP contribution in [-0.2, 0) is 16.1 Å². The Balaban J connectivity index is 2.03. The molecule has 1 fully saturated rings. The molecule has 1 unspecified atom stereocenters. The van der Waals surface area contributed by atoms with E-state index in [0.717, 1.165) is 12.1 Å². The molecular weight excluding hydrogens is 242 g/mol.